The van der Waals surface area contributed by atoms with Crippen molar-refractivity contribution in [2.75, 3.05) is 29.9 Å². The van der Waals surface area contributed by atoms with Crippen LogP contribution in [0.25, 0.3) is 5.82 Å². The van der Waals surface area contributed by atoms with Crippen molar-refractivity contribution < 1.29 is 17.9 Å². The third-order valence-corrected chi connectivity index (χ3v) is 12.4. The Morgan fingerprint density at radius 2 is 1.86 bits per heavy atom. The van der Waals surface area contributed by atoms with Crippen LogP contribution in [0.5, 0.6) is 5.88 Å². The summed E-state index contributed by atoms with van der Waals surface area (Å²) in [5.41, 5.74) is 1.99. The number of sulfonamides is 1. The van der Waals surface area contributed by atoms with Crippen LogP contribution in [0, 0.1) is 22.7 Å². The van der Waals surface area contributed by atoms with Gasteiger partial charge in [0, 0.05) is 36.6 Å². The number of fused-ring (bicyclic) bond motifs is 7. The number of carbonyl (C=O) groups is 1. The van der Waals surface area contributed by atoms with E-state index in [9.17, 15) is 13.2 Å². The van der Waals surface area contributed by atoms with Crippen molar-refractivity contribution in [3.8, 4) is 11.7 Å². The summed E-state index contributed by atoms with van der Waals surface area (Å²) >= 11 is 0. The zero-order valence-electron chi connectivity index (χ0n) is 25.4. The summed E-state index contributed by atoms with van der Waals surface area (Å²) < 4.78 is 36.6. The quantitative estimate of drug-likeness (QED) is 0.404. The molecule has 2 aliphatic heterocycles. The minimum Gasteiger partial charge on any atom is -0.477 e. The molecule has 232 valence electrons. The van der Waals surface area contributed by atoms with Crippen LogP contribution in [0.15, 0.2) is 53.6 Å². The molecule has 44 heavy (non-hydrogen) atoms. The lowest BCUT2D eigenvalue weighted by Crippen LogP contribution is -2.41. The lowest BCUT2D eigenvalue weighted by molar-refractivity contribution is 0.0981. The molecule has 3 aromatic rings. The molecule has 2 aromatic heterocycles. The van der Waals surface area contributed by atoms with E-state index in [1.165, 1.54) is 31.7 Å². The topological polar surface area (TPSA) is 118 Å². The van der Waals surface area contributed by atoms with Crippen molar-refractivity contribution in [2.24, 2.45) is 22.7 Å². The van der Waals surface area contributed by atoms with Crippen LogP contribution in [0.4, 0.5) is 11.5 Å². The van der Waals surface area contributed by atoms with Crippen molar-refractivity contribution in [1.29, 1.82) is 0 Å². The Balaban J connectivity index is 1.07. The Bertz CT molecular complexity index is 1720. The third kappa shape index (κ3) is 4.57. The molecule has 3 aliphatic carbocycles. The lowest BCUT2D eigenvalue weighted by atomic mass is 9.93. The summed E-state index contributed by atoms with van der Waals surface area (Å²) in [7, 11) is -4.11. The molecule has 1 aromatic carbocycles. The molecule has 0 unspecified atom stereocenters. The highest BCUT2D eigenvalue weighted by molar-refractivity contribution is 7.90. The van der Waals surface area contributed by atoms with Crippen LogP contribution in [-0.4, -0.2) is 54.3 Å². The molecule has 2 spiro atoms. The number of hydrogen-bond acceptors (Lipinski definition) is 8. The van der Waals surface area contributed by atoms with Gasteiger partial charge in [-0.1, -0.05) is 6.07 Å². The smallest absolute Gasteiger partial charge is 0.268 e. The van der Waals surface area contributed by atoms with Gasteiger partial charge in [-0.2, -0.15) is 0 Å². The van der Waals surface area contributed by atoms with Gasteiger partial charge in [0.1, 0.15) is 5.82 Å². The van der Waals surface area contributed by atoms with E-state index in [1.54, 1.807) is 28.9 Å². The van der Waals surface area contributed by atoms with Gasteiger partial charge in [0.15, 0.2) is 5.82 Å². The van der Waals surface area contributed by atoms with Gasteiger partial charge >= 0.3 is 0 Å². The van der Waals surface area contributed by atoms with Crippen molar-refractivity contribution >= 4 is 27.4 Å². The molecule has 0 radical (unpaired) electrons. The first kappa shape index (κ1) is 27.9. The first-order valence-electron chi connectivity index (χ1n) is 16.0. The molecule has 10 nitrogen and oxygen atoms in total. The van der Waals surface area contributed by atoms with Gasteiger partial charge in [0.2, 0.25) is 5.88 Å². The minimum absolute atomic E-state index is 0.0318. The molecular formula is C33H40N6O4S. The lowest BCUT2D eigenvalue weighted by Gasteiger charge is -2.34. The van der Waals surface area contributed by atoms with E-state index < -0.39 is 15.9 Å². The Hall–Kier alpha value is -3.60. The van der Waals surface area contributed by atoms with E-state index in [0.29, 0.717) is 46.6 Å². The number of benzene rings is 1. The molecule has 4 bridgehead atoms. The molecular weight excluding hydrogens is 576 g/mol. The van der Waals surface area contributed by atoms with E-state index in [0.717, 1.165) is 44.7 Å². The largest absolute Gasteiger partial charge is 0.477 e. The van der Waals surface area contributed by atoms with Gasteiger partial charge in [-0.05, 0) is 118 Å². The molecule has 11 heteroatoms. The number of aromatic nitrogens is 3. The number of ether oxygens (including phenoxy) is 1. The number of hydrogen-bond donors (Lipinski definition) is 2. The second kappa shape index (κ2) is 9.70. The fourth-order valence-corrected chi connectivity index (χ4v) is 9.69. The highest BCUT2D eigenvalue weighted by Gasteiger charge is 2.85. The van der Waals surface area contributed by atoms with Gasteiger partial charge in [0.25, 0.3) is 15.9 Å². The monoisotopic (exact) mass is 616 g/mol. The van der Waals surface area contributed by atoms with Crippen LogP contribution < -0.4 is 19.7 Å². The van der Waals surface area contributed by atoms with E-state index in [1.807, 2.05) is 18.3 Å². The van der Waals surface area contributed by atoms with Crippen LogP contribution in [0.3, 0.4) is 0 Å². The maximum atomic E-state index is 13.7. The minimum atomic E-state index is -4.11. The zero-order valence-corrected chi connectivity index (χ0v) is 26.2. The summed E-state index contributed by atoms with van der Waals surface area (Å²) in [4.78, 5) is 20.8. The fourth-order valence-electron chi connectivity index (χ4n) is 8.68. The highest BCUT2D eigenvalue weighted by atomic mass is 32.2. The molecule has 1 amide bonds. The number of amides is 1. The maximum Gasteiger partial charge on any atom is 0.268 e. The average molecular weight is 617 g/mol. The summed E-state index contributed by atoms with van der Waals surface area (Å²) in [6, 6.07) is 11.8. The molecule has 4 fully saturated rings. The summed E-state index contributed by atoms with van der Waals surface area (Å²) in [6.45, 7) is 6.44. The average Bonchev–Trinajstić information content (AvgIpc) is 3.94. The standard InChI is InChI=1S/C33H40N6O4S/c1-31(2)20-22-5-4-16-34-23-6-3-7-24(19-23)44(41,42)37-30(40)25-8-9-27(35-29(25)38(31)21-22)39-17-10-28(36-39)43-18-11-26-32(12-13-32)33(26)14-15-33/h3,6-10,17,19,22,26,34H,4-5,11-16,18,20-21H2,1-2H3,(H,37,40)/t22-/m0/s1. The SMILES string of the molecule is CC1(C)C[C@@H]2CCCNc3cccc(c3)S(=O)(=O)NC(=O)c3ccc(-n4ccc(OCCC5C6(CC6)C56CC6)n4)nc3N1C2. The summed E-state index contributed by atoms with van der Waals surface area (Å²) in [5.74, 6) is 2.08. The van der Waals surface area contributed by atoms with Crippen LogP contribution in [0.2, 0.25) is 0 Å². The molecule has 3 saturated carbocycles. The molecule has 5 aliphatic rings. The number of anilines is 2. The van der Waals surface area contributed by atoms with Crippen molar-refractivity contribution in [1.82, 2.24) is 19.5 Å². The second-order valence-corrected chi connectivity index (χ2v) is 15.8. The Labute approximate surface area is 258 Å². The second-order valence-electron chi connectivity index (χ2n) is 14.2. The first-order valence-corrected chi connectivity index (χ1v) is 17.5. The number of nitrogens with one attached hydrogen (secondary N) is 2. The van der Waals surface area contributed by atoms with E-state index in [2.05, 4.69) is 33.9 Å². The highest BCUT2D eigenvalue weighted by Crippen LogP contribution is 2.93. The van der Waals surface area contributed by atoms with Crippen LogP contribution in [-0.2, 0) is 10.0 Å². The van der Waals surface area contributed by atoms with Crippen LogP contribution in [0.1, 0.15) is 75.6 Å². The van der Waals surface area contributed by atoms with Gasteiger partial charge in [-0.3, -0.25) is 4.79 Å². The third-order valence-electron chi connectivity index (χ3n) is 11.1. The van der Waals surface area contributed by atoms with Gasteiger partial charge in [-0.25, -0.2) is 22.8 Å². The molecule has 1 atom stereocenters. The predicted molar refractivity (Wildman–Crippen MR) is 167 cm³/mol. The molecule has 1 saturated heterocycles. The first-order chi connectivity index (χ1) is 21.1. The van der Waals surface area contributed by atoms with Crippen molar-refractivity contribution in [3.63, 3.8) is 0 Å². The summed E-state index contributed by atoms with van der Waals surface area (Å²) in [6.07, 6.45) is 11.4. The summed E-state index contributed by atoms with van der Waals surface area (Å²) in [5, 5.41) is 7.99. The molecule has 2 N–H and O–H groups in total. The number of rotatable bonds is 5. The van der Waals surface area contributed by atoms with E-state index in [4.69, 9.17) is 9.72 Å². The van der Waals surface area contributed by atoms with Crippen LogP contribution >= 0.6 is 0 Å². The number of carbonyl (C=O) groups excluding carboxylic acids is 1. The van der Waals surface area contributed by atoms with Crippen molar-refractivity contribution in [3.05, 3.63) is 54.2 Å². The Kier molecular flexibility index (Phi) is 6.15. The Morgan fingerprint density at radius 1 is 1.07 bits per heavy atom. The van der Waals surface area contributed by atoms with Gasteiger partial charge in [-0.15, -0.1) is 5.10 Å². The van der Waals surface area contributed by atoms with Gasteiger partial charge < -0.3 is 15.0 Å². The predicted octanol–water partition coefficient (Wildman–Crippen LogP) is 5.16. The maximum absolute atomic E-state index is 13.7. The van der Waals surface area contributed by atoms with E-state index >= 15 is 0 Å². The number of pyridine rings is 1. The normalized spacial score (nSPS) is 25.4. The van der Waals surface area contributed by atoms with Gasteiger partial charge in [0.05, 0.1) is 17.1 Å². The molecule has 8 rings (SSSR count). The number of nitrogens with zero attached hydrogens (tertiary/aromatic N) is 4. The molecule has 4 heterocycles. The fraction of sp³-hybridized carbons (Fsp3) is 0.545. The Morgan fingerprint density at radius 3 is 2.64 bits per heavy atom. The zero-order chi connectivity index (χ0) is 30.3. The van der Waals surface area contributed by atoms with E-state index in [-0.39, 0.29) is 16.0 Å². The van der Waals surface area contributed by atoms with Crippen molar-refractivity contribution in [2.45, 2.75) is 75.6 Å².